The first-order valence-electron chi connectivity index (χ1n) is 5.75. The molecular weight excluding hydrogens is 297 g/mol. The second kappa shape index (κ2) is 5.61. The van der Waals surface area contributed by atoms with Crippen LogP contribution >= 0.6 is 23.5 Å². The van der Waals surface area contributed by atoms with E-state index in [4.69, 9.17) is 0 Å². The second-order valence-electron chi connectivity index (χ2n) is 4.61. The summed E-state index contributed by atoms with van der Waals surface area (Å²) in [6.45, 7) is 1.58. The maximum atomic E-state index is 12.0. The number of hydrogen-bond donors (Lipinski definition) is 1. The average molecular weight is 309 g/mol. The summed E-state index contributed by atoms with van der Waals surface area (Å²) in [5, 5.41) is 20.9. The zero-order chi connectivity index (χ0) is 13.0. The minimum atomic E-state index is -1.29. The molecule has 0 aromatic heterocycles. The predicted octanol–water partition coefficient (Wildman–Crippen LogP) is -3.98. The van der Waals surface area contributed by atoms with Crippen molar-refractivity contribution in [2.24, 2.45) is 5.92 Å². The molecule has 2 fully saturated rings. The van der Waals surface area contributed by atoms with Crippen LogP contribution in [-0.2, 0) is 9.59 Å². The van der Waals surface area contributed by atoms with Crippen LogP contribution in [0.1, 0.15) is 6.92 Å². The predicted molar refractivity (Wildman–Crippen MR) is 66.5 cm³/mol. The third-order valence-corrected chi connectivity index (χ3v) is 6.47. The van der Waals surface area contributed by atoms with E-state index >= 15 is 0 Å². The van der Waals surface area contributed by atoms with E-state index in [1.165, 1.54) is 16.7 Å². The van der Waals surface area contributed by atoms with E-state index in [1.807, 2.05) is 0 Å². The number of aliphatic carboxylic acids is 1. The largest absolute Gasteiger partial charge is 1.00 e. The Morgan fingerprint density at radius 2 is 2.21 bits per heavy atom. The van der Waals surface area contributed by atoms with Gasteiger partial charge < -0.3 is 19.9 Å². The molecule has 0 unspecified atom stereocenters. The summed E-state index contributed by atoms with van der Waals surface area (Å²) in [6, 6.07) is -0.210. The van der Waals surface area contributed by atoms with E-state index in [2.05, 4.69) is 0 Å². The van der Waals surface area contributed by atoms with Gasteiger partial charge in [0.05, 0.1) is 35.0 Å². The molecule has 5 nitrogen and oxygen atoms in total. The summed E-state index contributed by atoms with van der Waals surface area (Å²) >= 11 is 3.16. The van der Waals surface area contributed by atoms with Crippen molar-refractivity contribution in [3.8, 4) is 0 Å². The Morgan fingerprint density at radius 1 is 1.53 bits per heavy atom. The molecular formula is C11H12NNaO4S2. The molecule has 1 N–H and O–H groups in total. The number of rotatable bonds is 2. The minimum absolute atomic E-state index is 0. The van der Waals surface area contributed by atoms with Gasteiger partial charge in [0.2, 0.25) is 5.91 Å². The molecule has 4 atom stereocenters. The fraction of sp³-hybridized carbons (Fsp3) is 0.636. The summed E-state index contributed by atoms with van der Waals surface area (Å²) in [5.41, 5.74) is 0.0316. The van der Waals surface area contributed by atoms with Crippen LogP contribution in [-0.4, -0.2) is 50.8 Å². The molecule has 0 bridgehead atoms. The van der Waals surface area contributed by atoms with Crippen LogP contribution < -0.4 is 34.7 Å². The van der Waals surface area contributed by atoms with Crippen molar-refractivity contribution in [2.45, 2.75) is 24.3 Å². The van der Waals surface area contributed by atoms with Crippen molar-refractivity contribution in [1.29, 1.82) is 0 Å². The van der Waals surface area contributed by atoms with Gasteiger partial charge in [0.25, 0.3) is 0 Å². The Kier molecular flexibility index (Phi) is 4.65. The Hall–Kier alpha value is 0.340. The molecule has 8 heteroatoms. The van der Waals surface area contributed by atoms with Crippen LogP contribution in [0.5, 0.6) is 0 Å². The summed E-state index contributed by atoms with van der Waals surface area (Å²) < 4.78 is 0. The summed E-state index contributed by atoms with van der Waals surface area (Å²) in [6.07, 6.45) is -0.742. The van der Waals surface area contributed by atoms with Gasteiger partial charge in [-0.1, -0.05) is 0 Å². The van der Waals surface area contributed by atoms with Crippen molar-refractivity contribution in [3.05, 3.63) is 10.6 Å². The van der Waals surface area contributed by atoms with Gasteiger partial charge in [0, 0.05) is 16.4 Å². The van der Waals surface area contributed by atoms with E-state index in [0.717, 1.165) is 16.4 Å². The minimum Gasteiger partial charge on any atom is -0.543 e. The van der Waals surface area contributed by atoms with Gasteiger partial charge in [0.15, 0.2) is 0 Å². The van der Waals surface area contributed by atoms with Crippen molar-refractivity contribution in [2.75, 3.05) is 11.5 Å². The second-order valence-corrected chi connectivity index (χ2v) is 6.99. The Morgan fingerprint density at radius 3 is 2.79 bits per heavy atom. The SMILES string of the molecule is C[C@@H](O)[C@H]1C(=O)N2C(C(=O)[O-])=C3SCCS[C@H]3[C@H]12.[Na+]. The number of nitrogens with zero attached hydrogens (tertiary/aromatic N) is 1. The summed E-state index contributed by atoms with van der Waals surface area (Å²) in [7, 11) is 0. The van der Waals surface area contributed by atoms with Gasteiger partial charge in [-0.25, -0.2) is 0 Å². The molecule has 1 amide bonds. The van der Waals surface area contributed by atoms with Crippen LogP contribution in [0.25, 0.3) is 0 Å². The van der Waals surface area contributed by atoms with Gasteiger partial charge in [-0.05, 0) is 6.92 Å². The zero-order valence-corrected chi connectivity index (χ0v) is 14.3. The van der Waals surface area contributed by atoms with E-state index in [-0.39, 0.29) is 52.5 Å². The van der Waals surface area contributed by atoms with E-state index < -0.39 is 18.0 Å². The third-order valence-electron chi connectivity index (χ3n) is 3.58. The molecule has 2 saturated heterocycles. The van der Waals surface area contributed by atoms with E-state index in [9.17, 15) is 19.8 Å². The van der Waals surface area contributed by atoms with Crippen molar-refractivity contribution < 1.29 is 49.4 Å². The fourth-order valence-electron chi connectivity index (χ4n) is 2.87. The van der Waals surface area contributed by atoms with E-state index in [1.54, 1.807) is 18.7 Å². The molecule has 0 saturated carbocycles. The number of hydrogen-bond acceptors (Lipinski definition) is 6. The number of aliphatic hydroxyl groups is 1. The topological polar surface area (TPSA) is 80.7 Å². The molecule has 3 aliphatic heterocycles. The molecule has 0 spiro atoms. The van der Waals surface area contributed by atoms with Crippen LogP contribution in [0, 0.1) is 5.92 Å². The van der Waals surface area contributed by atoms with Crippen LogP contribution in [0.3, 0.4) is 0 Å². The molecule has 19 heavy (non-hydrogen) atoms. The monoisotopic (exact) mass is 309 g/mol. The average Bonchev–Trinajstić information content (AvgIpc) is 2.60. The smallest absolute Gasteiger partial charge is 0.543 e. The molecule has 0 aromatic carbocycles. The van der Waals surface area contributed by atoms with Crippen LogP contribution in [0.15, 0.2) is 10.6 Å². The Bertz CT molecular complexity index is 468. The summed E-state index contributed by atoms with van der Waals surface area (Å²) in [4.78, 5) is 25.2. The van der Waals surface area contributed by atoms with Crippen molar-refractivity contribution >= 4 is 35.4 Å². The Balaban J connectivity index is 0.00000133. The number of fused-ring (bicyclic) bond motifs is 3. The number of β-lactam (4-membered cyclic amide) rings is 1. The number of carboxylic acid groups (broad SMARTS) is 1. The van der Waals surface area contributed by atoms with Gasteiger partial charge in [0.1, 0.15) is 0 Å². The standard InChI is InChI=1S/C11H13NO4S2.Na/c1-4(13)5-6-8-9(18-3-2-17-8)7(11(15)16)12(6)10(5)14;/h4-6,8,13H,2-3H2,1H3,(H,15,16);/q;+1/p-1/t4-,5-,6+,8+;/m1./s1. The van der Waals surface area contributed by atoms with E-state index in [0.29, 0.717) is 0 Å². The maximum absolute atomic E-state index is 12.0. The number of amides is 1. The van der Waals surface area contributed by atoms with Crippen LogP contribution in [0.2, 0.25) is 0 Å². The summed E-state index contributed by atoms with van der Waals surface area (Å²) in [5.74, 6) is -0.277. The molecule has 3 aliphatic rings. The first kappa shape index (κ1) is 15.7. The molecule has 0 radical (unpaired) electrons. The molecule has 3 heterocycles. The van der Waals surface area contributed by atoms with Gasteiger partial charge in [-0.3, -0.25) is 4.79 Å². The Labute approximate surface area is 141 Å². The normalized spacial score (nSPS) is 34.1. The maximum Gasteiger partial charge on any atom is 1.00 e. The first-order valence-corrected chi connectivity index (χ1v) is 7.78. The first-order chi connectivity index (χ1) is 8.54. The molecule has 3 rings (SSSR count). The third kappa shape index (κ3) is 2.18. The fourth-order valence-corrected chi connectivity index (χ4v) is 5.84. The number of aliphatic hydroxyl groups excluding tert-OH is 1. The van der Waals surface area contributed by atoms with Crippen molar-refractivity contribution in [1.82, 2.24) is 4.90 Å². The van der Waals surface area contributed by atoms with Gasteiger partial charge in [-0.2, -0.15) is 11.8 Å². The van der Waals surface area contributed by atoms with Gasteiger partial charge >= 0.3 is 29.6 Å². The molecule has 0 aromatic rings. The molecule has 0 aliphatic carbocycles. The number of thioether (sulfide) groups is 2. The van der Waals surface area contributed by atoms with Crippen molar-refractivity contribution in [3.63, 3.8) is 0 Å². The van der Waals surface area contributed by atoms with Gasteiger partial charge in [-0.15, -0.1) is 11.8 Å². The van der Waals surface area contributed by atoms with Crippen LogP contribution in [0.4, 0.5) is 0 Å². The zero-order valence-electron chi connectivity index (χ0n) is 10.7. The quantitative estimate of drug-likeness (QED) is 0.414. The molecule has 98 valence electrons. The number of carboxylic acids is 1. The number of carbonyl (C=O) groups excluding carboxylic acids is 2. The number of carbonyl (C=O) groups is 2.